The van der Waals surface area contributed by atoms with Crippen LogP contribution in [-0.2, 0) is 54.6 Å². The fourth-order valence-corrected chi connectivity index (χ4v) is 24.6. The van der Waals surface area contributed by atoms with Crippen molar-refractivity contribution in [2.24, 2.45) is 0 Å². The molecule has 17 rings (SSSR count). The number of ether oxygens (including phenoxy) is 2. The first-order chi connectivity index (χ1) is 52.5. The Balaban J connectivity index is 0.000000119. The molecule has 0 atom stereocenters. The van der Waals surface area contributed by atoms with Crippen LogP contribution in [-0.4, -0.2) is 31.2 Å². The first-order valence-corrected chi connectivity index (χ1v) is 41.3. The molecule has 0 unspecified atom stereocenters. The summed E-state index contributed by atoms with van der Waals surface area (Å²) in [6.07, 6.45) is -5.99. The standard InChI is InChI=1S/C19H12F3S.C19H14F3S.C19H17S.C18H11F2S.C17H19O3S/c20-19(21,22)13-6-5-7-14(12-13)23-17-10-3-1-8-15(17)16-9-2-4-11-18(16)23;20-19(21,22)15-8-7-13-18(14-15)23(16-9-3-1-4-10-16)17-11-5-2-6-12-17;1-16-9-8-14-19(15-16)20(17-10-4-2-5-11-17)18-12-6-3-7-13-18;19-12-9-13(20)11-14(10-12)21-17-7-3-1-5-15(17)16-6-2-4-8-18(16)21;1-19-17(18)12-20-15-8-9-16(21-10-4-5-11-21)14-7-3-2-6-13(14)15/h1-12H;1-14H;2-15H,1H3;1-11H;2-3,6-9H,4-5,10-12H2,1H3/q5*+1. The number of hydrogen-bond donors (Lipinski definition) is 0. The number of esters is 1. The summed E-state index contributed by atoms with van der Waals surface area (Å²) in [6.45, 7) is 2.10. The minimum Gasteiger partial charge on any atom is -0.481 e. The van der Waals surface area contributed by atoms with Crippen molar-refractivity contribution in [3.63, 3.8) is 0 Å². The molecule has 2 aromatic heterocycles. The van der Waals surface area contributed by atoms with E-state index in [2.05, 4.69) is 133 Å². The third-order valence-electron chi connectivity index (χ3n) is 17.8. The summed E-state index contributed by atoms with van der Waals surface area (Å²) in [7, 11) is 0.223. The fourth-order valence-electron chi connectivity index (χ4n) is 12.9. The lowest BCUT2D eigenvalue weighted by molar-refractivity contribution is -0.143. The van der Waals surface area contributed by atoms with Crippen molar-refractivity contribution in [3.05, 3.63) is 374 Å². The summed E-state index contributed by atoms with van der Waals surface area (Å²) in [4.78, 5) is 20.8. The summed E-state index contributed by atoms with van der Waals surface area (Å²) >= 11 is 0. The van der Waals surface area contributed by atoms with Gasteiger partial charge in [-0.15, -0.1) is 0 Å². The molecule has 0 bridgehead atoms. The molecule has 3 nitrogen and oxygen atoms in total. The first-order valence-electron chi connectivity index (χ1n) is 34.8. The van der Waals surface area contributed by atoms with Gasteiger partial charge in [0.15, 0.2) is 69.5 Å². The summed E-state index contributed by atoms with van der Waals surface area (Å²) in [5, 5.41) is 6.87. The van der Waals surface area contributed by atoms with Gasteiger partial charge in [0.2, 0.25) is 0 Å². The predicted molar refractivity (Wildman–Crippen MR) is 434 cm³/mol. The number of carbonyl (C=O) groups excluding carboxylic acids is 1. The van der Waals surface area contributed by atoms with E-state index >= 15 is 0 Å². The van der Waals surface area contributed by atoms with Crippen LogP contribution in [0.25, 0.3) is 60.9 Å². The van der Waals surface area contributed by atoms with E-state index in [0.29, 0.717) is 25.6 Å². The van der Waals surface area contributed by atoms with Crippen LogP contribution >= 0.6 is 20.9 Å². The van der Waals surface area contributed by atoms with E-state index in [4.69, 9.17) is 4.74 Å². The van der Waals surface area contributed by atoms with Gasteiger partial charge in [-0.1, -0.05) is 164 Å². The number of benzene rings is 14. The van der Waals surface area contributed by atoms with Crippen LogP contribution < -0.4 is 4.74 Å². The van der Waals surface area contributed by atoms with Crippen molar-refractivity contribution in [1.29, 1.82) is 0 Å². The minimum absolute atomic E-state index is 0.0249. The highest BCUT2D eigenvalue weighted by atomic mass is 32.2. The number of methoxy groups -OCH3 is 1. The Morgan fingerprint density at radius 2 is 0.722 bits per heavy atom. The molecular formula is C92H73F8O3S5+5. The molecule has 1 fully saturated rings. The van der Waals surface area contributed by atoms with E-state index in [1.807, 2.05) is 158 Å². The molecule has 0 amide bonds. The van der Waals surface area contributed by atoms with Crippen LogP contribution in [0.15, 0.2) is 380 Å². The van der Waals surface area contributed by atoms with E-state index in [1.165, 1.54) is 98.4 Å². The van der Waals surface area contributed by atoms with Gasteiger partial charge >= 0.3 is 18.3 Å². The molecule has 14 aromatic carbocycles. The van der Waals surface area contributed by atoms with Crippen molar-refractivity contribution in [2.45, 2.75) is 66.4 Å². The van der Waals surface area contributed by atoms with E-state index in [1.54, 1.807) is 12.1 Å². The van der Waals surface area contributed by atoms with E-state index < -0.39 is 66.9 Å². The molecule has 0 radical (unpaired) electrons. The van der Waals surface area contributed by atoms with Crippen LogP contribution in [0.1, 0.15) is 29.5 Å². The largest absolute Gasteiger partial charge is 0.481 e. The lowest BCUT2D eigenvalue weighted by Gasteiger charge is -2.11. The highest BCUT2D eigenvalue weighted by Crippen LogP contribution is 2.51. The van der Waals surface area contributed by atoms with Crippen LogP contribution in [0.4, 0.5) is 35.1 Å². The van der Waals surface area contributed by atoms with Gasteiger partial charge in [-0.05, 0) is 177 Å². The highest BCUT2D eigenvalue weighted by Gasteiger charge is 2.37. The third kappa shape index (κ3) is 18.0. The molecule has 108 heavy (non-hydrogen) atoms. The lowest BCUT2D eigenvalue weighted by Crippen LogP contribution is -2.13. The number of aryl methyl sites for hydroxylation is 1. The highest BCUT2D eigenvalue weighted by molar-refractivity contribution is 7.97. The maximum Gasteiger partial charge on any atom is 0.416 e. The minimum atomic E-state index is -4.33. The topological polar surface area (TPSA) is 35.5 Å². The van der Waals surface area contributed by atoms with Gasteiger partial charge in [-0.2, -0.15) is 26.3 Å². The molecule has 0 aliphatic carbocycles. The Hall–Kier alpha value is -10.5. The Bertz CT molecular complexity index is 5500. The molecule has 0 N–H and O–H groups in total. The Labute approximate surface area is 636 Å². The molecule has 0 spiro atoms. The second-order valence-corrected chi connectivity index (χ2v) is 35.2. The molecule has 16 aromatic rings. The molecule has 1 aliphatic rings. The van der Waals surface area contributed by atoms with Crippen LogP contribution in [0.2, 0.25) is 0 Å². The zero-order chi connectivity index (χ0) is 75.2. The van der Waals surface area contributed by atoms with Gasteiger partial charge < -0.3 is 9.47 Å². The van der Waals surface area contributed by atoms with Crippen LogP contribution in [0, 0.1) is 18.6 Å². The van der Waals surface area contributed by atoms with Crippen molar-refractivity contribution >= 4 is 111 Å². The average Bonchev–Trinajstić information content (AvgIpc) is 1.60. The number of hydrogen-bond acceptors (Lipinski definition) is 3. The number of rotatable bonds is 12. The number of alkyl halides is 6. The first kappa shape index (κ1) is 75.8. The third-order valence-corrected chi connectivity index (χ3v) is 29.4. The molecular weight excluding hydrogens is 1470 g/mol. The zero-order valence-corrected chi connectivity index (χ0v) is 62.8. The van der Waals surface area contributed by atoms with Crippen molar-refractivity contribution in [2.75, 3.05) is 25.2 Å². The molecule has 3 heterocycles. The molecule has 0 saturated carbocycles. The van der Waals surface area contributed by atoms with Gasteiger partial charge in [0.05, 0.1) is 40.0 Å². The van der Waals surface area contributed by atoms with Crippen molar-refractivity contribution in [3.8, 4) is 15.5 Å². The van der Waals surface area contributed by atoms with Gasteiger partial charge in [-0.3, -0.25) is 0 Å². The van der Waals surface area contributed by atoms with Crippen molar-refractivity contribution < 1.29 is 49.4 Å². The number of fused-ring (bicyclic) bond motifs is 7. The van der Waals surface area contributed by atoms with E-state index in [-0.39, 0.29) is 23.5 Å². The molecule has 16 heteroatoms. The van der Waals surface area contributed by atoms with Gasteiger partial charge in [0.25, 0.3) is 0 Å². The molecule has 1 saturated heterocycles. The Kier molecular flexibility index (Phi) is 24.6. The average molecular weight is 1540 g/mol. The quantitative estimate of drug-likeness (QED) is 0.0695. The van der Waals surface area contributed by atoms with Gasteiger partial charge in [-0.25, -0.2) is 13.6 Å². The van der Waals surface area contributed by atoms with E-state index in [9.17, 15) is 39.9 Å². The Morgan fingerprint density at radius 3 is 1.15 bits per heavy atom. The molecule has 540 valence electrons. The number of halogens is 8. The van der Waals surface area contributed by atoms with Gasteiger partial charge in [0.1, 0.15) is 28.9 Å². The SMILES string of the molecule is COC(=O)COc1ccc([S+]2CCCC2)c2ccccc12.Cc1cccc([S+](c2ccccc2)c2ccccc2)c1.FC(F)(F)c1cccc(-[s+]2c3ccccc3c3ccccc32)c1.FC(F)(F)c1cccc([S+](c2ccccc2)c2ccccc2)c1.Fc1cc(F)cc(-[s+]2c3ccccc3c3ccccc32)c1. The lowest BCUT2D eigenvalue weighted by atomic mass is 10.1. The summed E-state index contributed by atoms with van der Waals surface area (Å²) in [5.41, 5.74) is 0.107. The number of carbonyl (C=O) groups is 1. The second kappa shape index (κ2) is 35.1. The fraction of sp³-hybridized carbons (Fsp3) is 0.0978. The van der Waals surface area contributed by atoms with E-state index in [0.717, 1.165) is 79.5 Å². The number of thiophene rings is 2. The normalized spacial score (nSPS) is 12.2. The summed E-state index contributed by atoms with van der Waals surface area (Å²) < 4.78 is 120. The van der Waals surface area contributed by atoms with Crippen LogP contribution in [0.5, 0.6) is 5.75 Å². The maximum absolute atomic E-state index is 13.6. The monoisotopic (exact) mass is 1540 g/mol. The van der Waals surface area contributed by atoms with Gasteiger partial charge in [0, 0.05) is 94.5 Å². The summed E-state index contributed by atoms with van der Waals surface area (Å²) in [6, 6.07) is 109. The molecule has 1 aliphatic heterocycles. The zero-order valence-electron chi connectivity index (χ0n) is 58.7. The predicted octanol–water partition coefficient (Wildman–Crippen LogP) is 26.8. The Morgan fingerprint density at radius 1 is 0.361 bits per heavy atom. The maximum atomic E-state index is 13.6. The van der Waals surface area contributed by atoms with Crippen LogP contribution in [0.3, 0.4) is 0 Å². The smallest absolute Gasteiger partial charge is 0.416 e. The summed E-state index contributed by atoms with van der Waals surface area (Å²) in [5.74, 6) is 1.93. The second-order valence-electron chi connectivity index (χ2n) is 25.0. The van der Waals surface area contributed by atoms with Crippen molar-refractivity contribution in [1.82, 2.24) is 0 Å².